The molecule has 2 aliphatic heterocycles. The highest BCUT2D eigenvalue weighted by Gasteiger charge is 2.26. The Labute approximate surface area is 145 Å². The van der Waals surface area contributed by atoms with Crippen LogP contribution in [0.5, 0.6) is 0 Å². The number of β-amino-alcohol motifs (C(OH)–C–C–N with tert-alkyl or cyclic N) is 1. The molecule has 2 heterocycles. The molecule has 4 N–H and O–H groups in total. The van der Waals surface area contributed by atoms with Gasteiger partial charge in [0.2, 0.25) is 5.91 Å². The minimum atomic E-state index is -0.549. The van der Waals surface area contributed by atoms with Crippen molar-refractivity contribution < 1.29 is 15.0 Å². The number of carbonyl (C=O) groups excluding carboxylic acids is 1. The van der Waals surface area contributed by atoms with Gasteiger partial charge in [0, 0.05) is 19.7 Å². The first-order valence-corrected chi connectivity index (χ1v) is 9.25. The maximum atomic E-state index is 12.3. The quantitative estimate of drug-likeness (QED) is 0.472. The first kappa shape index (κ1) is 19.4. The molecule has 2 aliphatic rings. The van der Waals surface area contributed by atoms with E-state index in [-0.39, 0.29) is 18.6 Å². The van der Waals surface area contributed by atoms with Crippen LogP contribution < -0.4 is 10.6 Å². The van der Waals surface area contributed by atoms with Crippen molar-refractivity contribution in [1.29, 1.82) is 0 Å². The van der Waals surface area contributed by atoms with E-state index in [2.05, 4.69) is 22.1 Å². The lowest BCUT2D eigenvalue weighted by molar-refractivity contribution is -0.124. The lowest BCUT2D eigenvalue weighted by Gasteiger charge is -2.32. The Morgan fingerprint density at radius 2 is 2.08 bits per heavy atom. The molecule has 6 heteroatoms. The topological polar surface area (TPSA) is 84.8 Å². The summed E-state index contributed by atoms with van der Waals surface area (Å²) in [6, 6.07) is -0.156. The highest BCUT2D eigenvalue weighted by molar-refractivity contribution is 5.81. The number of carbonyl (C=O) groups is 1. The Morgan fingerprint density at radius 3 is 2.75 bits per heavy atom. The Balaban J connectivity index is 1.65. The number of aliphatic hydroxyl groups excluding tert-OH is 2. The number of nitrogens with one attached hydrogen (secondary N) is 2. The van der Waals surface area contributed by atoms with Crippen molar-refractivity contribution in [3.05, 3.63) is 12.7 Å². The molecule has 0 aromatic heterocycles. The number of allylic oxidation sites excluding steroid dienone is 1. The monoisotopic (exact) mass is 339 g/mol. The third-order valence-electron chi connectivity index (χ3n) is 5.28. The van der Waals surface area contributed by atoms with Crippen molar-refractivity contribution in [2.75, 3.05) is 39.3 Å². The molecule has 3 atom stereocenters. The number of likely N-dealkylation sites (tertiary alicyclic amines) is 1. The molecule has 0 unspecified atom stereocenters. The van der Waals surface area contributed by atoms with Gasteiger partial charge in [-0.3, -0.25) is 4.79 Å². The molecule has 2 saturated heterocycles. The first-order valence-electron chi connectivity index (χ1n) is 9.25. The zero-order chi connectivity index (χ0) is 17.4. The van der Waals surface area contributed by atoms with Crippen molar-refractivity contribution in [3.63, 3.8) is 0 Å². The summed E-state index contributed by atoms with van der Waals surface area (Å²) in [5.74, 6) is 0.915. The average Bonchev–Trinajstić information content (AvgIpc) is 2.61. The van der Waals surface area contributed by atoms with Crippen molar-refractivity contribution in [2.45, 2.75) is 44.2 Å². The smallest absolute Gasteiger partial charge is 0.237 e. The predicted octanol–water partition coefficient (Wildman–Crippen LogP) is 0.112. The zero-order valence-corrected chi connectivity index (χ0v) is 14.6. The van der Waals surface area contributed by atoms with Crippen LogP contribution >= 0.6 is 0 Å². The van der Waals surface area contributed by atoms with Crippen LogP contribution in [-0.4, -0.2) is 72.5 Å². The molecule has 2 rings (SSSR count). The van der Waals surface area contributed by atoms with Crippen LogP contribution in [0.2, 0.25) is 0 Å². The molecule has 138 valence electrons. The minimum absolute atomic E-state index is 0.0122. The number of rotatable bonds is 8. The standard InChI is InChI=1S/C18H33N3O3/c1-2-3-14-4-7-19-17(10-14)18(24)20-11-16(23)12-21-8-5-15(13-22)6-9-21/h2,14-17,19,22-23H,1,3-13H2,(H,20,24)/t14-,16-,17+/m1/s1. The van der Waals surface area contributed by atoms with Crippen LogP contribution in [0.25, 0.3) is 0 Å². The third-order valence-corrected chi connectivity index (χ3v) is 5.28. The molecule has 6 nitrogen and oxygen atoms in total. The Kier molecular flexibility index (Phi) is 8.18. The van der Waals surface area contributed by atoms with Crippen molar-refractivity contribution >= 4 is 5.91 Å². The second-order valence-corrected chi connectivity index (χ2v) is 7.25. The third kappa shape index (κ3) is 6.16. The molecule has 0 saturated carbocycles. The van der Waals surface area contributed by atoms with Gasteiger partial charge in [0.25, 0.3) is 0 Å². The highest BCUT2D eigenvalue weighted by Crippen LogP contribution is 2.20. The molecular formula is C18H33N3O3. The molecule has 24 heavy (non-hydrogen) atoms. The van der Waals surface area contributed by atoms with E-state index in [0.717, 1.165) is 51.7 Å². The normalized spacial score (nSPS) is 27.6. The van der Waals surface area contributed by atoms with Gasteiger partial charge in [-0.05, 0) is 63.6 Å². The minimum Gasteiger partial charge on any atom is -0.396 e. The van der Waals surface area contributed by atoms with E-state index in [1.807, 2.05) is 6.08 Å². The van der Waals surface area contributed by atoms with E-state index < -0.39 is 6.10 Å². The fraction of sp³-hybridized carbons (Fsp3) is 0.833. The van der Waals surface area contributed by atoms with E-state index in [9.17, 15) is 9.90 Å². The van der Waals surface area contributed by atoms with E-state index in [1.54, 1.807) is 0 Å². The number of hydrogen-bond donors (Lipinski definition) is 4. The van der Waals surface area contributed by atoms with Gasteiger partial charge in [-0.25, -0.2) is 0 Å². The summed E-state index contributed by atoms with van der Waals surface area (Å²) in [6.45, 7) is 7.58. The first-order chi connectivity index (χ1) is 11.6. The summed E-state index contributed by atoms with van der Waals surface area (Å²) in [5.41, 5.74) is 0. The number of hydrogen-bond acceptors (Lipinski definition) is 5. The molecule has 1 amide bonds. The van der Waals surface area contributed by atoms with Crippen LogP contribution in [0.1, 0.15) is 32.1 Å². The van der Waals surface area contributed by atoms with Crippen LogP contribution in [0.4, 0.5) is 0 Å². The van der Waals surface area contributed by atoms with Gasteiger partial charge in [0.05, 0.1) is 12.1 Å². The van der Waals surface area contributed by atoms with E-state index in [4.69, 9.17) is 5.11 Å². The van der Waals surface area contributed by atoms with Crippen LogP contribution in [-0.2, 0) is 4.79 Å². The summed E-state index contributed by atoms with van der Waals surface area (Å²) < 4.78 is 0. The van der Waals surface area contributed by atoms with Crippen molar-refractivity contribution in [1.82, 2.24) is 15.5 Å². The van der Waals surface area contributed by atoms with Gasteiger partial charge in [-0.1, -0.05) is 6.08 Å². The average molecular weight is 339 g/mol. The van der Waals surface area contributed by atoms with Gasteiger partial charge in [0.1, 0.15) is 0 Å². The second-order valence-electron chi connectivity index (χ2n) is 7.25. The fourth-order valence-corrected chi connectivity index (χ4v) is 3.70. The van der Waals surface area contributed by atoms with Crippen LogP contribution in [0.15, 0.2) is 12.7 Å². The maximum absolute atomic E-state index is 12.3. The summed E-state index contributed by atoms with van der Waals surface area (Å²) in [7, 11) is 0. The van der Waals surface area contributed by atoms with E-state index >= 15 is 0 Å². The van der Waals surface area contributed by atoms with E-state index in [0.29, 0.717) is 24.9 Å². The molecule has 0 aliphatic carbocycles. The lowest BCUT2D eigenvalue weighted by atomic mass is 9.89. The summed E-state index contributed by atoms with van der Waals surface area (Å²) in [5, 5.41) is 25.5. The van der Waals surface area contributed by atoms with Gasteiger partial charge in [0.15, 0.2) is 0 Å². The maximum Gasteiger partial charge on any atom is 0.237 e. The summed E-state index contributed by atoms with van der Waals surface area (Å²) >= 11 is 0. The fourth-order valence-electron chi connectivity index (χ4n) is 3.70. The number of piperidine rings is 2. The van der Waals surface area contributed by atoms with Crippen molar-refractivity contribution in [3.8, 4) is 0 Å². The number of amides is 1. The zero-order valence-electron chi connectivity index (χ0n) is 14.6. The Bertz CT molecular complexity index is 397. The lowest BCUT2D eigenvalue weighted by Crippen LogP contribution is -2.51. The summed E-state index contributed by atoms with van der Waals surface area (Å²) in [6.07, 6.45) is 6.21. The van der Waals surface area contributed by atoms with Gasteiger partial charge in [-0.15, -0.1) is 6.58 Å². The molecule has 0 bridgehead atoms. The molecule has 0 aromatic carbocycles. The SMILES string of the molecule is C=CC[C@@H]1CCN[C@H](C(=O)NC[C@@H](O)CN2CCC(CO)CC2)C1. The Hall–Kier alpha value is -0.950. The van der Waals surface area contributed by atoms with Gasteiger partial charge in [-0.2, -0.15) is 0 Å². The number of nitrogens with zero attached hydrogens (tertiary/aromatic N) is 1. The van der Waals surface area contributed by atoms with Crippen LogP contribution in [0, 0.1) is 11.8 Å². The predicted molar refractivity (Wildman–Crippen MR) is 94.6 cm³/mol. The second kappa shape index (κ2) is 10.1. The largest absolute Gasteiger partial charge is 0.396 e. The Morgan fingerprint density at radius 1 is 1.33 bits per heavy atom. The molecule has 0 spiro atoms. The molecule has 0 aromatic rings. The number of aliphatic hydroxyl groups is 2. The van der Waals surface area contributed by atoms with Crippen LogP contribution in [0.3, 0.4) is 0 Å². The van der Waals surface area contributed by atoms with Crippen molar-refractivity contribution in [2.24, 2.45) is 11.8 Å². The summed E-state index contributed by atoms with van der Waals surface area (Å²) in [4.78, 5) is 14.5. The van der Waals surface area contributed by atoms with Gasteiger partial charge < -0.3 is 25.7 Å². The molecule has 2 fully saturated rings. The highest BCUT2D eigenvalue weighted by atomic mass is 16.3. The molecular weight excluding hydrogens is 306 g/mol. The van der Waals surface area contributed by atoms with E-state index in [1.165, 1.54) is 0 Å². The molecule has 0 radical (unpaired) electrons. The van der Waals surface area contributed by atoms with Gasteiger partial charge >= 0.3 is 0 Å².